The van der Waals surface area contributed by atoms with Gasteiger partial charge < -0.3 is 10.1 Å². The Hall–Kier alpha value is -2.34. The van der Waals surface area contributed by atoms with E-state index < -0.39 is 15.9 Å². The first-order chi connectivity index (χ1) is 12.7. The number of hydrogen-bond donors (Lipinski definition) is 1. The highest BCUT2D eigenvalue weighted by Crippen LogP contribution is 2.18. The summed E-state index contributed by atoms with van der Waals surface area (Å²) in [6.07, 6.45) is 2.08. The van der Waals surface area contributed by atoms with Gasteiger partial charge in [-0.25, -0.2) is 8.42 Å². The van der Waals surface area contributed by atoms with E-state index in [0.717, 1.165) is 12.0 Å². The second-order valence-corrected chi connectivity index (χ2v) is 8.60. The highest BCUT2D eigenvalue weighted by Gasteiger charge is 2.21. The molecule has 0 aliphatic rings. The SMILES string of the molecule is CCc1ccc(O[C@H](CC)C(=O)N[C@@H](C)c2ccc(S(C)(=O)=O)cc2)cc1. The van der Waals surface area contributed by atoms with E-state index in [1.807, 2.05) is 38.1 Å². The van der Waals surface area contributed by atoms with Crippen LogP contribution in [0.2, 0.25) is 0 Å². The van der Waals surface area contributed by atoms with Crippen molar-refractivity contribution in [2.45, 2.75) is 50.7 Å². The van der Waals surface area contributed by atoms with Crippen molar-refractivity contribution in [3.63, 3.8) is 0 Å². The van der Waals surface area contributed by atoms with Crippen molar-refractivity contribution in [2.24, 2.45) is 0 Å². The van der Waals surface area contributed by atoms with Gasteiger partial charge in [0.05, 0.1) is 10.9 Å². The summed E-state index contributed by atoms with van der Waals surface area (Å²) >= 11 is 0. The number of ether oxygens (including phenoxy) is 1. The zero-order valence-electron chi connectivity index (χ0n) is 16.2. The van der Waals surface area contributed by atoms with Crippen molar-refractivity contribution < 1.29 is 17.9 Å². The van der Waals surface area contributed by atoms with Crippen molar-refractivity contribution in [1.82, 2.24) is 5.32 Å². The van der Waals surface area contributed by atoms with Gasteiger partial charge in [0.25, 0.3) is 5.91 Å². The van der Waals surface area contributed by atoms with Crippen LogP contribution >= 0.6 is 0 Å². The molecule has 0 spiro atoms. The molecule has 0 aliphatic carbocycles. The van der Waals surface area contributed by atoms with Crippen LogP contribution in [0.25, 0.3) is 0 Å². The Bertz CT molecular complexity index is 858. The molecule has 2 aromatic rings. The Kier molecular flexibility index (Phi) is 7.02. The minimum absolute atomic E-state index is 0.197. The van der Waals surface area contributed by atoms with E-state index >= 15 is 0 Å². The summed E-state index contributed by atoms with van der Waals surface area (Å²) in [7, 11) is -3.23. The lowest BCUT2D eigenvalue weighted by atomic mass is 10.1. The van der Waals surface area contributed by atoms with Crippen LogP contribution in [0.15, 0.2) is 53.4 Å². The van der Waals surface area contributed by atoms with Crippen molar-refractivity contribution >= 4 is 15.7 Å². The summed E-state index contributed by atoms with van der Waals surface area (Å²) in [6.45, 7) is 5.84. The number of rotatable bonds is 8. The lowest BCUT2D eigenvalue weighted by molar-refractivity contribution is -0.128. The molecule has 2 atom stereocenters. The number of aryl methyl sites for hydroxylation is 1. The summed E-state index contributed by atoms with van der Waals surface area (Å²) in [5, 5.41) is 2.93. The van der Waals surface area contributed by atoms with Crippen molar-refractivity contribution in [3.05, 3.63) is 59.7 Å². The van der Waals surface area contributed by atoms with Gasteiger partial charge >= 0.3 is 0 Å². The third kappa shape index (κ3) is 5.82. The Morgan fingerprint density at radius 3 is 2.11 bits per heavy atom. The van der Waals surface area contributed by atoms with Crippen LogP contribution in [0.4, 0.5) is 0 Å². The first-order valence-corrected chi connectivity index (χ1v) is 11.0. The third-order valence-electron chi connectivity index (χ3n) is 4.44. The predicted molar refractivity (Wildman–Crippen MR) is 107 cm³/mol. The Morgan fingerprint density at radius 1 is 1.04 bits per heavy atom. The van der Waals surface area contributed by atoms with Crippen molar-refractivity contribution in [1.29, 1.82) is 0 Å². The molecule has 0 bridgehead atoms. The fourth-order valence-electron chi connectivity index (χ4n) is 2.68. The smallest absolute Gasteiger partial charge is 0.261 e. The van der Waals surface area contributed by atoms with Gasteiger partial charge in [-0.1, -0.05) is 38.1 Å². The van der Waals surface area contributed by atoms with Gasteiger partial charge in [-0.2, -0.15) is 0 Å². The normalized spacial score (nSPS) is 13.6. The Labute approximate surface area is 161 Å². The number of amides is 1. The number of carbonyl (C=O) groups excluding carboxylic acids is 1. The zero-order valence-corrected chi connectivity index (χ0v) is 17.0. The molecule has 5 nitrogen and oxygen atoms in total. The zero-order chi connectivity index (χ0) is 20.0. The third-order valence-corrected chi connectivity index (χ3v) is 5.57. The molecule has 0 unspecified atom stereocenters. The monoisotopic (exact) mass is 389 g/mol. The molecule has 0 saturated carbocycles. The van der Waals surface area contributed by atoms with E-state index in [2.05, 4.69) is 12.2 Å². The molecule has 1 N–H and O–H groups in total. The molecule has 0 radical (unpaired) electrons. The number of nitrogens with one attached hydrogen (secondary N) is 1. The van der Waals surface area contributed by atoms with Gasteiger partial charge in [0.15, 0.2) is 15.9 Å². The van der Waals surface area contributed by atoms with Crippen molar-refractivity contribution in [3.8, 4) is 5.75 Å². The average Bonchev–Trinajstić information content (AvgIpc) is 2.65. The molecular weight excluding hydrogens is 362 g/mol. The van der Waals surface area contributed by atoms with Crippen LogP contribution in [0, 0.1) is 0 Å². The highest BCUT2D eigenvalue weighted by atomic mass is 32.2. The molecule has 2 rings (SSSR count). The van der Waals surface area contributed by atoms with E-state index in [-0.39, 0.29) is 16.8 Å². The number of benzene rings is 2. The summed E-state index contributed by atoms with van der Waals surface area (Å²) in [5.41, 5.74) is 2.05. The minimum Gasteiger partial charge on any atom is -0.481 e. The lowest BCUT2D eigenvalue weighted by Crippen LogP contribution is -2.39. The van der Waals surface area contributed by atoms with Crippen LogP contribution in [0.5, 0.6) is 5.75 Å². The summed E-state index contributed by atoms with van der Waals surface area (Å²) < 4.78 is 28.9. The molecule has 27 heavy (non-hydrogen) atoms. The van der Waals surface area contributed by atoms with Gasteiger partial charge in [-0.15, -0.1) is 0 Å². The van der Waals surface area contributed by atoms with Gasteiger partial charge in [-0.05, 0) is 55.2 Å². The maximum absolute atomic E-state index is 12.6. The van der Waals surface area contributed by atoms with E-state index in [1.54, 1.807) is 24.3 Å². The average molecular weight is 390 g/mol. The van der Waals surface area contributed by atoms with Crippen LogP contribution < -0.4 is 10.1 Å². The molecule has 0 aliphatic heterocycles. The second kappa shape index (κ2) is 9.04. The van der Waals surface area contributed by atoms with Crippen LogP contribution in [-0.4, -0.2) is 26.7 Å². The molecule has 6 heteroatoms. The molecule has 2 aromatic carbocycles. The second-order valence-electron chi connectivity index (χ2n) is 6.58. The molecule has 1 amide bonds. The number of carbonyl (C=O) groups is 1. The minimum atomic E-state index is -3.23. The topological polar surface area (TPSA) is 72.5 Å². The van der Waals surface area contributed by atoms with E-state index in [1.165, 1.54) is 11.8 Å². The Balaban J connectivity index is 2.02. The molecular formula is C21H27NO4S. The van der Waals surface area contributed by atoms with Gasteiger partial charge in [0, 0.05) is 6.26 Å². The molecule has 0 heterocycles. The molecule has 0 fully saturated rings. The first kappa shape index (κ1) is 21.0. The standard InChI is InChI=1S/C21H27NO4S/c1-5-16-7-11-18(12-8-16)26-20(6-2)21(23)22-15(3)17-9-13-19(14-10-17)27(4,24)25/h7-15,20H,5-6H2,1-4H3,(H,22,23)/t15-,20+/m0/s1. The van der Waals surface area contributed by atoms with Gasteiger partial charge in [0.1, 0.15) is 5.75 Å². The summed E-state index contributed by atoms with van der Waals surface area (Å²) in [6, 6.07) is 14.0. The van der Waals surface area contributed by atoms with Crippen LogP contribution in [-0.2, 0) is 21.1 Å². The van der Waals surface area contributed by atoms with Crippen LogP contribution in [0.3, 0.4) is 0 Å². The highest BCUT2D eigenvalue weighted by molar-refractivity contribution is 7.90. The summed E-state index contributed by atoms with van der Waals surface area (Å²) in [4.78, 5) is 12.8. The molecule has 146 valence electrons. The number of hydrogen-bond acceptors (Lipinski definition) is 4. The van der Waals surface area contributed by atoms with E-state index in [0.29, 0.717) is 12.2 Å². The van der Waals surface area contributed by atoms with E-state index in [9.17, 15) is 13.2 Å². The maximum atomic E-state index is 12.6. The number of sulfone groups is 1. The van der Waals surface area contributed by atoms with Gasteiger partial charge in [-0.3, -0.25) is 4.79 Å². The Morgan fingerprint density at radius 2 is 1.63 bits per heavy atom. The maximum Gasteiger partial charge on any atom is 0.261 e. The summed E-state index contributed by atoms with van der Waals surface area (Å²) in [5.74, 6) is 0.469. The fourth-order valence-corrected chi connectivity index (χ4v) is 3.31. The lowest BCUT2D eigenvalue weighted by Gasteiger charge is -2.21. The quantitative estimate of drug-likeness (QED) is 0.747. The van der Waals surface area contributed by atoms with Crippen LogP contribution in [0.1, 0.15) is 44.4 Å². The largest absolute Gasteiger partial charge is 0.481 e. The van der Waals surface area contributed by atoms with Gasteiger partial charge in [0.2, 0.25) is 0 Å². The first-order valence-electron chi connectivity index (χ1n) is 9.10. The molecule has 0 aromatic heterocycles. The van der Waals surface area contributed by atoms with Crippen molar-refractivity contribution in [2.75, 3.05) is 6.26 Å². The fraction of sp³-hybridized carbons (Fsp3) is 0.381. The van der Waals surface area contributed by atoms with E-state index in [4.69, 9.17) is 4.74 Å². The predicted octanol–water partition coefficient (Wildman–Crippen LogP) is 3.69. The molecule has 0 saturated heterocycles.